The molecule has 2 heterocycles. The summed E-state index contributed by atoms with van der Waals surface area (Å²) in [6.07, 6.45) is 4.43. The van der Waals surface area contributed by atoms with Gasteiger partial charge in [0, 0.05) is 22.4 Å². The minimum absolute atomic E-state index is 0.0586. The van der Waals surface area contributed by atoms with Crippen molar-refractivity contribution in [1.82, 2.24) is 4.90 Å². The van der Waals surface area contributed by atoms with Gasteiger partial charge in [0.2, 0.25) is 0 Å². The van der Waals surface area contributed by atoms with Crippen LogP contribution in [0, 0.1) is 6.92 Å². The van der Waals surface area contributed by atoms with Crippen molar-refractivity contribution in [1.29, 1.82) is 0 Å². The van der Waals surface area contributed by atoms with Gasteiger partial charge < -0.3 is 19.7 Å². The van der Waals surface area contributed by atoms with Crippen molar-refractivity contribution in [2.24, 2.45) is 0 Å². The van der Waals surface area contributed by atoms with Crippen LogP contribution < -0.4 is 10.1 Å². The van der Waals surface area contributed by atoms with E-state index in [4.69, 9.17) is 9.47 Å². The molecule has 2 aliphatic rings. The first-order chi connectivity index (χ1) is 13.2. The summed E-state index contributed by atoms with van der Waals surface area (Å²) in [7, 11) is 0. The molecule has 0 radical (unpaired) electrons. The first kappa shape index (κ1) is 18.3. The van der Waals surface area contributed by atoms with E-state index in [1.807, 2.05) is 29.2 Å². The van der Waals surface area contributed by atoms with Gasteiger partial charge in [0.15, 0.2) is 0 Å². The molecule has 144 valence electrons. The van der Waals surface area contributed by atoms with Gasteiger partial charge in [-0.15, -0.1) is 11.3 Å². The summed E-state index contributed by atoms with van der Waals surface area (Å²) in [5, 5.41) is 3.06. The maximum absolute atomic E-state index is 13.0. The van der Waals surface area contributed by atoms with Crippen molar-refractivity contribution in [3.8, 4) is 5.75 Å². The number of urea groups is 1. The van der Waals surface area contributed by atoms with Gasteiger partial charge >= 0.3 is 6.03 Å². The van der Waals surface area contributed by atoms with E-state index >= 15 is 0 Å². The molecule has 1 N–H and O–H groups in total. The summed E-state index contributed by atoms with van der Waals surface area (Å²) >= 11 is 1.75. The van der Waals surface area contributed by atoms with E-state index in [0.29, 0.717) is 30.6 Å². The van der Waals surface area contributed by atoms with E-state index < -0.39 is 0 Å². The van der Waals surface area contributed by atoms with Crippen LogP contribution in [0.2, 0.25) is 0 Å². The highest BCUT2D eigenvalue weighted by molar-refractivity contribution is 7.11. The number of hydrogen-bond donors (Lipinski definition) is 1. The molecule has 1 aliphatic heterocycles. The lowest BCUT2D eigenvalue weighted by Gasteiger charge is -2.23. The quantitative estimate of drug-likeness (QED) is 0.743. The van der Waals surface area contributed by atoms with E-state index in [0.717, 1.165) is 32.3 Å². The predicted molar refractivity (Wildman–Crippen MR) is 108 cm³/mol. The number of aryl methyl sites for hydroxylation is 1. The first-order valence-electron chi connectivity index (χ1n) is 9.65. The van der Waals surface area contributed by atoms with Gasteiger partial charge in [-0.05, 0) is 56.9 Å². The van der Waals surface area contributed by atoms with Gasteiger partial charge in [-0.3, -0.25) is 0 Å². The fraction of sp³-hybridized carbons (Fsp3) is 0.476. The molecule has 1 saturated heterocycles. The monoisotopic (exact) mass is 386 g/mol. The second-order valence-electron chi connectivity index (χ2n) is 7.24. The standard InChI is InChI=1S/C21H26N2O3S/c1-15-8-11-18(27-15)13-23(16-9-10-16)21(24)22-19-6-2-3-7-20(19)26-14-17-5-4-12-25-17/h2-3,6-8,11,16-17H,4-5,9-10,12-14H2,1H3,(H,22,24)/t17-/m0/s1. The molecule has 1 aliphatic carbocycles. The molecule has 1 saturated carbocycles. The number of carbonyl (C=O) groups is 1. The van der Waals surface area contributed by atoms with Crippen LogP contribution in [-0.2, 0) is 11.3 Å². The summed E-state index contributed by atoms with van der Waals surface area (Å²) in [4.78, 5) is 17.4. The van der Waals surface area contributed by atoms with Gasteiger partial charge in [0.25, 0.3) is 0 Å². The van der Waals surface area contributed by atoms with Crippen LogP contribution in [0.15, 0.2) is 36.4 Å². The average Bonchev–Trinajstić information content (AvgIpc) is 3.20. The molecule has 0 unspecified atom stereocenters. The predicted octanol–water partition coefficient (Wildman–Crippen LogP) is 4.81. The minimum Gasteiger partial charge on any atom is -0.489 e. The smallest absolute Gasteiger partial charge is 0.322 e. The lowest BCUT2D eigenvalue weighted by atomic mass is 10.2. The Morgan fingerprint density at radius 1 is 1.26 bits per heavy atom. The number of carbonyl (C=O) groups excluding carboxylic acids is 1. The SMILES string of the molecule is Cc1ccc(CN(C(=O)Nc2ccccc2OC[C@@H]2CCCO2)C2CC2)s1. The topological polar surface area (TPSA) is 50.8 Å². The first-order valence-corrected chi connectivity index (χ1v) is 10.5. The Bertz CT molecular complexity index is 781. The molecule has 2 aromatic rings. The van der Waals surface area contributed by atoms with E-state index in [2.05, 4.69) is 24.4 Å². The molecule has 0 bridgehead atoms. The number of nitrogens with zero attached hydrogens (tertiary/aromatic N) is 1. The Hall–Kier alpha value is -2.05. The fourth-order valence-electron chi connectivity index (χ4n) is 3.33. The number of amides is 2. The number of thiophene rings is 1. The zero-order valence-electron chi connectivity index (χ0n) is 15.6. The van der Waals surface area contributed by atoms with Gasteiger partial charge in [-0.25, -0.2) is 4.79 Å². The normalized spacial score (nSPS) is 19.1. The molecule has 0 spiro atoms. The van der Waals surface area contributed by atoms with Gasteiger partial charge in [-0.1, -0.05) is 12.1 Å². The molecule has 5 nitrogen and oxygen atoms in total. The summed E-state index contributed by atoms with van der Waals surface area (Å²) in [5.41, 5.74) is 0.716. The molecule has 4 rings (SSSR count). The number of rotatable bonds is 7. The number of hydrogen-bond acceptors (Lipinski definition) is 4. The van der Waals surface area contributed by atoms with E-state index in [1.165, 1.54) is 9.75 Å². The zero-order valence-corrected chi connectivity index (χ0v) is 16.5. The van der Waals surface area contributed by atoms with Crippen LogP contribution in [0.3, 0.4) is 0 Å². The molecule has 1 aromatic carbocycles. The molecular weight excluding hydrogens is 360 g/mol. The highest BCUT2D eigenvalue weighted by Gasteiger charge is 2.33. The van der Waals surface area contributed by atoms with Gasteiger partial charge in [-0.2, -0.15) is 0 Å². The number of benzene rings is 1. The second-order valence-corrected chi connectivity index (χ2v) is 8.62. The lowest BCUT2D eigenvalue weighted by molar-refractivity contribution is 0.0682. The third-order valence-corrected chi connectivity index (χ3v) is 5.93. The Labute approximate surface area is 164 Å². The van der Waals surface area contributed by atoms with Gasteiger partial charge in [0.05, 0.1) is 18.3 Å². The molecule has 27 heavy (non-hydrogen) atoms. The van der Waals surface area contributed by atoms with Crippen molar-refractivity contribution in [3.63, 3.8) is 0 Å². The number of para-hydroxylation sites is 2. The van der Waals surface area contributed by atoms with Crippen molar-refractivity contribution in [3.05, 3.63) is 46.2 Å². The van der Waals surface area contributed by atoms with E-state index in [9.17, 15) is 4.79 Å². The van der Waals surface area contributed by atoms with Crippen LogP contribution >= 0.6 is 11.3 Å². The average molecular weight is 387 g/mol. The molecule has 1 aromatic heterocycles. The third-order valence-electron chi connectivity index (χ3n) is 4.95. The maximum Gasteiger partial charge on any atom is 0.322 e. The largest absolute Gasteiger partial charge is 0.489 e. The minimum atomic E-state index is -0.0586. The zero-order chi connectivity index (χ0) is 18.6. The van der Waals surface area contributed by atoms with Crippen molar-refractivity contribution in [2.75, 3.05) is 18.5 Å². The Morgan fingerprint density at radius 3 is 2.81 bits per heavy atom. The number of nitrogens with one attached hydrogen (secondary N) is 1. The number of anilines is 1. The van der Waals surface area contributed by atoms with E-state index in [-0.39, 0.29) is 12.1 Å². The van der Waals surface area contributed by atoms with Crippen LogP contribution in [0.5, 0.6) is 5.75 Å². The Balaban J connectivity index is 1.41. The maximum atomic E-state index is 13.0. The van der Waals surface area contributed by atoms with E-state index in [1.54, 1.807) is 11.3 Å². The summed E-state index contributed by atoms with van der Waals surface area (Å²) in [6.45, 7) is 4.09. The number of ether oxygens (including phenoxy) is 2. The van der Waals surface area contributed by atoms with Crippen molar-refractivity contribution in [2.45, 2.75) is 51.3 Å². The summed E-state index contributed by atoms with van der Waals surface area (Å²) in [5.74, 6) is 0.698. The van der Waals surface area contributed by atoms with Gasteiger partial charge in [0.1, 0.15) is 12.4 Å². The second kappa shape index (κ2) is 8.31. The molecular formula is C21H26N2O3S. The van der Waals surface area contributed by atoms with Crippen LogP contribution in [0.1, 0.15) is 35.4 Å². The third kappa shape index (κ3) is 4.82. The van der Waals surface area contributed by atoms with Crippen LogP contribution in [0.4, 0.5) is 10.5 Å². The molecule has 2 fully saturated rings. The summed E-state index contributed by atoms with van der Waals surface area (Å²) in [6, 6.07) is 12.1. The molecule has 6 heteroatoms. The van der Waals surface area contributed by atoms with Crippen molar-refractivity contribution >= 4 is 23.1 Å². The molecule has 2 amide bonds. The summed E-state index contributed by atoms with van der Waals surface area (Å²) < 4.78 is 11.6. The van der Waals surface area contributed by atoms with Crippen molar-refractivity contribution < 1.29 is 14.3 Å². The molecule has 1 atom stereocenters. The fourth-order valence-corrected chi connectivity index (χ4v) is 4.22. The highest BCUT2D eigenvalue weighted by atomic mass is 32.1. The van der Waals surface area contributed by atoms with Crippen LogP contribution in [-0.4, -0.2) is 36.3 Å². The van der Waals surface area contributed by atoms with Crippen LogP contribution in [0.25, 0.3) is 0 Å². The Kier molecular flexibility index (Phi) is 5.64. The highest BCUT2D eigenvalue weighted by Crippen LogP contribution is 2.32. The Morgan fingerprint density at radius 2 is 2.11 bits per heavy atom. The lowest BCUT2D eigenvalue weighted by Crippen LogP contribution is -2.36.